The van der Waals surface area contributed by atoms with Crippen molar-refractivity contribution in [2.75, 3.05) is 0 Å². The van der Waals surface area contributed by atoms with Crippen LogP contribution < -0.4 is 5.32 Å². The summed E-state index contributed by atoms with van der Waals surface area (Å²) >= 11 is 1.31. The summed E-state index contributed by atoms with van der Waals surface area (Å²) in [6.45, 7) is 3.43. The molecule has 0 bridgehead atoms. The summed E-state index contributed by atoms with van der Waals surface area (Å²) in [6.07, 6.45) is -1.50. The number of rotatable bonds is 6. The van der Waals surface area contributed by atoms with Crippen molar-refractivity contribution in [2.24, 2.45) is 0 Å². The molecular formula is C17H19NO4S. The first-order valence-corrected chi connectivity index (χ1v) is 8.15. The summed E-state index contributed by atoms with van der Waals surface area (Å²) in [7, 11) is 0. The predicted molar refractivity (Wildman–Crippen MR) is 88.2 cm³/mol. The van der Waals surface area contributed by atoms with Gasteiger partial charge in [0.2, 0.25) is 0 Å². The topological polar surface area (TPSA) is 75.6 Å². The zero-order valence-electron chi connectivity index (χ0n) is 12.9. The second kappa shape index (κ2) is 7.89. The van der Waals surface area contributed by atoms with Crippen LogP contribution in [-0.2, 0) is 9.53 Å². The predicted octanol–water partition coefficient (Wildman–Crippen LogP) is 2.53. The molecule has 2 atom stereocenters. The molecule has 2 rings (SSSR count). The van der Waals surface area contributed by atoms with Crippen LogP contribution in [0, 0.1) is 0 Å². The van der Waals surface area contributed by atoms with Gasteiger partial charge in [0.15, 0.2) is 6.04 Å². The molecule has 0 aliphatic rings. The minimum atomic E-state index is -1.16. The summed E-state index contributed by atoms with van der Waals surface area (Å²) in [5.41, 5.74) is 0.410. The summed E-state index contributed by atoms with van der Waals surface area (Å²) in [6, 6.07) is 10.8. The minimum absolute atomic E-state index is 0.339. The Balaban J connectivity index is 2.19. The highest BCUT2D eigenvalue weighted by atomic mass is 32.1. The van der Waals surface area contributed by atoms with Crippen LogP contribution in [0.15, 0.2) is 47.8 Å². The Hall–Kier alpha value is -2.18. The highest BCUT2D eigenvalue weighted by molar-refractivity contribution is 7.10. The molecule has 0 aliphatic heterocycles. The van der Waals surface area contributed by atoms with Gasteiger partial charge < -0.3 is 15.2 Å². The first-order valence-electron chi connectivity index (χ1n) is 7.27. The van der Waals surface area contributed by atoms with E-state index in [0.29, 0.717) is 10.4 Å². The van der Waals surface area contributed by atoms with Gasteiger partial charge in [-0.15, -0.1) is 11.3 Å². The first-order chi connectivity index (χ1) is 11.0. The van der Waals surface area contributed by atoms with Crippen molar-refractivity contribution in [1.82, 2.24) is 5.32 Å². The van der Waals surface area contributed by atoms with E-state index in [9.17, 15) is 14.7 Å². The van der Waals surface area contributed by atoms with Crippen LogP contribution in [0.1, 0.15) is 35.2 Å². The molecule has 122 valence electrons. The van der Waals surface area contributed by atoms with Crippen molar-refractivity contribution in [2.45, 2.75) is 32.1 Å². The van der Waals surface area contributed by atoms with Gasteiger partial charge in [0.1, 0.15) is 6.10 Å². The number of carbonyl (C=O) groups excluding carboxylic acids is 2. The molecule has 2 N–H and O–H groups in total. The van der Waals surface area contributed by atoms with Gasteiger partial charge in [-0.05, 0) is 37.4 Å². The van der Waals surface area contributed by atoms with Crippen LogP contribution >= 0.6 is 11.3 Å². The largest absolute Gasteiger partial charge is 0.461 e. The first kappa shape index (κ1) is 17.2. The lowest BCUT2D eigenvalue weighted by molar-refractivity contribution is -0.152. The van der Waals surface area contributed by atoms with Gasteiger partial charge in [-0.3, -0.25) is 4.79 Å². The molecule has 2 aromatic rings. The van der Waals surface area contributed by atoms with E-state index in [0.717, 1.165) is 0 Å². The van der Waals surface area contributed by atoms with Crippen LogP contribution in [-0.4, -0.2) is 29.1 Å². The Kier molecular flexibility index (Phi) is 5.90. The molecule has 5 nitrogen and oxygen atoms in total. The Morgan fingerprint density at radius 1 is 1.13 bits per heavy atom. The van der Waals surface area contributed by atoms with E-state index in [-0.39, 0.29) is 6.10 Å². The Morgan fingerprint density at radius 3 is 2.39 bits per heavy atom. The molecule has 1 heterocycles. The van der Waals surface area contributed by atoms with Crippen molar-refractivity contribution in [3.05, 3.63) is 58.3 Å². The minimum Gasteiger partial charge on any atom is -0.461 e. The van der Waals surface area contributed by atoms with Gasteiger partial charge in [-0.2, -0.15) is 0 Å². The maximum atomic E-state index is 12.3. The van der Waals surface area contributed by atoms with Gasteiger partial charge in [0.25, 0.3) is 5.91 Å². The number of nitrogens with one attached hydrogen (secondary N) is 1. The molecule has 0 aliphatic carbocycles. The fraction of sp³-hybridized carbons (Fsp3) is 0.294. The lowest BCUT2D eigenvalue weighted by atomic mass is 10.1. The monoisotopic (exact) mass is 333 g/mol. The third-order valence-corrected chi connectivity index (χ3v) is 4.02. The summed E-state index contributed by atoms with van der Waals surface area (Å²) in [4.78, 5) is 25.1. The maximum Gasteiger partial charge on any atom is 0.332 e. The number of thiophene rings is 1. The van der Waals surface area contributed by atoms with E-state index in [1.807, 2.05) is 0 Å². The van der Waals surface area contributed by atoms with Crippen molar-refractivity contribution in [3.63, 3.8) is 0 Å². The van der Waals surface area contributed by atoms with Gasteiger partial charge in [0, 0.05) is 10.4 Å². The lowest BCUT2D eigenvalue weighted by Crippen LogP contribution is -2.46. The van der Waals surface area contributed by atoms with Crippen LogP contribution in [0.2, 0.25) is 0 Å². The highest BCUT2D eigenvalue weighted by Crippen LogP contribution is 2.23. The molecule has 0 fully saturated rings. The fourth-order valence-electron chi connectivity index (χ4n) is 2.01. The third-order valence-electron chi connectivity index (χ3n) is 3.08. The molecule has 23 heavy (non-hydrogen) atoms. The van der Waals surface area contributed by atoms with Crippen LogP contribution in [0.25, 0.3) is 0 Å². The van der Waals surface area contributed by atoms with E-state index in [1.165, 1.54) is 11.3 Å². The number of aliphatic hydroxyl groups excluding tert-OH is 1. The molecule has 0 spiro atoms. The van der Waals surface area contributed by atoms with Gasteiger partial charge in [-0.1, -0.05) is 24.3 Å². The van der Waals surface area contributed by atoms with E-state index >= 15 is 0 Å². The number of esters is 1. The zero-order chi connectivity index (χ0) is 16.8. The number of amides is 1. The Morgan fingerprint density at radius 2 is 1.83 bits per heavy atom. The molecule has 6 heteroatoms. The summed E-state index contributed by atoms with van der Waals surface area (Å²) < 4.78 is 5.16. The fourth-order valence-corrected chi connectivity index (χ4v) is 2.76. The van der Waals surface area contributed by atoms with Crippen molar-refractivity contribution in [3.8, 4) is 0 Å². The maximum absolute atomic E-state index is 12.3. The highest BCUT2D eigenvalue weighted by Gasteiger charge is 2.32. The Labute approximate surface area is 138 Å². The van der Waals surface area contributed by atoms with Gasteiger partial charge >= 0.3 is 5.97 Å². The quantitative estimate of drug-likeness (QED) is 0.797. The second-order valence-corrected chi connectivity index (χ2v) is 6.24. The van der Waals surface area contributed by atoms with E-state index in [2.05, 4.69) is 5.32 Å². The van der Waals surface area contributed by atoms with Crippen molar-refractivity contribution >= 4 is 23.2 Å². The standard InChI is InChI=1S/C17H19NO4S/c1-11(2)22-17(21)14(15(19)13-9-6-10-23-13)18-16(20)12-7-4-3-5-8-12/h3-11,14-15,19H,1-2H3,(H,18,20). The Bertz CT molecular complexity index is 640. The molecule has 0 radical (unpaired) electrons. The molecule has 1 aromatic carbocycles. The molecular weight excluding hydrogens is 314 g/mol. The molecule has 2 unspecified atom stereocenters. The van der Waals surface area contributed by atoms with Crippen LogP contribution in [0.4, 0.5) is 0 Å². The average Bonchev–Trinajstić information content (AvgIpc) is 3.06. The molecule has 0 saturated heterocycles. The number of benzene rings is 1. The van der Waals surface area contributed by atoms with Crippen LogP contribution in [0.3, 0.4) is 0 Å². The summed E-state index contributed by atoms with van der Waals surface area (Å²) in [5.74, 6) is -1.10. The number of carbonyl (C=O) groups is 2. The zero-order valence-corrected chi connectivity index (χ0v) is 13.7. The van der Waals surface area contributed by atoms with Gasteiger partial charge in [0.05, 0.1) is 6.10 Å². The number of ether oxygens (including phenoxy) is 1. The van der Waals surface area contributed by atoms with Crippen molar-refractivity contribution in [1.29, 1.82) is 0 Å². The van der Waals surface area contributed by atoms with Crippen LogP contribution in [0.5, 0.6) is 0 Å². The third kappa shape index (κ3) is 4.64. The SMILES string of the molecule is CC(C)OC(=O)C(NC(=O)c1ccccc1)C(O)c1cccs1. The van der Waals surface area contributed by atoms with E-state index < -0.39 is 24.0 Å². The normalized spacial score (nSPS) is 13.4. The summed E-state index contributed by atoms with van der Waals surface area (Å²) in [5, 5.41) is 14.8. The van der Waals surface area contributed by atoms with Crippen molar-refractivity contribution < 1.29 is 19.4 Å². The molecule has 0 saturated carbocycles. The smallest absolute Gasteiger partial charge is 0.332 e. The lowest BCUT2D eigenvalue weighted by Gasteiger charge is -2.23. The van der Waals surface area contributed by atoms with E-state index in [1.54, 1.807) is 61.7 Å². The number of aliphatic hydroxyl groups is 1. The second-order valence-electron chi connectivity index (χ2n) is 5.26. The number of hydrogen-bond acceptors (Lipinski definition) is 5. The van der Waals surface area contributed by atoms with E-state index in [4.69, 9.17) is 4.74 Å². The average molecular weight is 333 g/mol. The van der Waals surface area contributed by atoms with Gasteiger partial charge in [-0.25, -0.2) is 4.79 Å². The number of hydrogen-bond donors (Lipinski definition) is 2. The molecule has 1 amide bonds. The molecule has 1 aromatic heterocycles.